The minimum absolute atomic E-state index is 0.109. The SMILES string of the molecule is CC(CCNc1nc2ccccc2c(=O)[nH]1)N(C)Cc1ccccc1. The summed E-state index contributed by atoms with van der Waals surface area (Å²) in [5.74, 6) is 0.529. The van der Waals surface area contributed by atoms with Crippen LogP contribution in [0.15, 0.2) is 59.4 Å². The van der Waals surface area contributed by atoms with Crippen molar-refractivity contribution < 1.29 is 0 Å². The molecule has 130 valence electrons. The number of hydrogen-bond acceptors (Lipinski definition) is 4. The average molecular weight is 336 g/mol. The fourth-order valence-corrected chi connectivity index (χ4v) is 2.82. The van der Waals surface area contributed by atoms with Crippen LogP contribution in [0.4, 0.5) is 5.95 Å². The number of fused-ring (bicyclic) bond motifs is 1. The van der Waals surface area contributed by atoms with Crippen molar-refractivity contribution in [2.24, 2.45) is 0 Å². The largest absolute Gasteiger partial charge is 0.356 e. The van der Waals surface area contributed by atoms with Crippen molar-refractivity contribution in [2.75, 3.05) is 18.9 Å². The lowest BCUT2D eigenvalue weighted by molar-refractivity contribution is 0.242. The van der Waals surface area contributed by atoms with Crippen molar-refractivity contribution in [3.8, 4) is 0 Å². The number of hydrogen-bond donors (Lipinski definition) is 2. The summed E-state index contributed by atoms with van der Waals surface area (Å²) in [6, 6.07) is 18.2. The standard InChI is InChI=1S/C20H24N4O/c1-15(24(2)14-16-8-4-3-5-9-16)12-13-21-20-22-18-11-7-6-10-17(18)19(25)23-20/h3-11,15H,12-14H2,1-2H3,(H2,21,22,23,25). The van der Waals surface area contributed by atoms with Gasteiger partial charge in [0.1, 0.15) is 0 Å². The van der Waals surface area contributed by atoms with Gasteiger partial charge in [-0.2, -0.15) is 0 Å². The van der Waals surface area contributed by atoms with Gasteiger partial charge in [0.05, 0.1) is 10.9 Å². The molecule has 0 fully saturated rings. The van der Waals surface area contributed by atoms with E-state index in [9.17, 15) is 4.79 Å². The highest BCUT2D eigenvalue weighted by molar-refractivity contribution is 5.78. The second-order valence-electron chi connectivity index (χ2n) is 6.40. The fraction of sp³-hybridized carbons (Fsp3) is 0.300. The molecule has 5 nitrogen and oxygen atoms in total. The lowest BCUT2D eigenvalue weighted by atomic mass is 10.1. The van der Waals surface area contributed by atoms with Gasteiger partial charge in [-0.15, -0.1) is 0 Å². The summed E-state index contributed by atoms with van der Waals surface area (Å²) in [7, 11) is 2.13. The van der Waals surface area contributed by atoms with Crippen molar-refractivity contribution in [3.05, 3.63) is 70.5 Å². The zero-order valence-electron chi connectivity index (χ0n) is 14.7. The molecule has 0 bridgehead atoms. The van der Waals surface area contributed by atoms with Gasteiger partial charge in [-0.05, 0) is 38.1 Å². The summed E-state index contributed by atoms with van der Waals surface area (Å²) in [6.45, 7) is 3.88. The van der Waals surface area contributed by atoms with Crippen molar-refractivity contribution in [1.82, 2.24) is 14.9 Å². The van der Waals surface area contributed by atoms with Crippen LogP contribution in [0.3, 0.4) is 0 Å². The molecule has 0 saturated carbocycles. The molecule has 2 aromatic carbocycles. The molecule has 0 radical (unpaired) electrons. The molecule has 0 spiro atoms. The predicted octanol–water partition coefficient (Wildman–Crippen LogP) is 3.25. The van der Waals surface area contributed by atoms with E-state index < -0.39 is 0 Å². The fourth-order valence-electron chi connectivity index (χ4n) is 2.82. The molecule has 5 heteroatoms. The first-order chi connectivity index (χ1) is 12.1. The molecule has 0 aliphatic heterocycles. The lowest BCUT2D eigenvalue weighted by Gasteiger charge is -2.25. The number of rotatable bonds is 7. The van der Waals surface area contributed by atoms with Crippen molar-refractivity contribution in [3.63, 3.8) is 0 Å². The monoisotopic (exact) mass is 336 g/mol. The molecule has 0 aliphatic carbocycles. The van der Waals surface area contributed by atoms with Crippen LogP contribution < -0.4 is 10.9 Å². The van der Waals surface area contributed by atoms with Gasteiger partial charge in [-0.25, -0.2) is 4.98 Å². The molecule has 1 unspecified atom stereocenters. The number of anilines is 1. The highest BCUT2D eigenvalue weighted by atomic mass is 16.1. The third kappa shape index (κ3) is 4.45. The topological polar surface area (TPSA) is 61.0 Å². The van der Waals surface area contributed by atoms with Gasteiger partial charge in [0.25, 0.3) is 5.56 Å². The van der Waals surface area contributed by atoms with E-state index in [1.54, 1.807) is 6.07 Å². The summed E-state index contributed by atoms with van der Waals surface area (Å²) >= 11 is 0. The Morgan fingerprint density at radius 2 is 1.84 bits per heavy atom. The maximum atomic E-state index is 12.1. The Morgan fingerprint density at radius 3 is 2.64 bits per heavy atom. The average Bonchev–Trinajstić information content (AvgIpc) is 2.62. The first kappa shape index (κ1) is 17.2. The van der Waals surface area contributed by atoms with E-state index >= 15 is 0 Å². The molecular formula is C20H24N4O. The van der Waals surface area contributed by atoms with Gasteiger partial charge < -0.3 is 5.32 Å². The molecule has 3 rings (SSSR count). The highest BCUT2D eigenvalue weighted by Gasteiger charge is 2.10. The van der Waals surface area contributed by atoms with Gasteiger partial charge >= 0.3 is 0 Å². The second-order valence-corrected chi connectivity index (χ2v) is 6.40. The Kier molecular flexibility index (Phi) is 5.46. The van der Waals surface area contributed by atoms with Gasteiger partial charge in [0.2, 0.25) is 5.95 Å². The summed E-state index contributed by atoms with van der Waals surface area (Å²) in [4.78, 5) is 21.7. The zero-order valence-corrected chi connectivity index (χ0v) is 14.7. The molecule has 25 heavy (non-hydrogen) atoms. The van der Waals surface area contributed by atoms with E-state index in [0.29, 0.717) is 22.9 Å². The maximum absolute atomic E-state index is 12.1. The summed E-state index contributed by atoms with van der Waals surface area (Å²) in [5.41, 5.74) is 1.91. The van der Waals surface area contributed by atoms with E-state index in [0.717, 1.165) is 19.5 Å². The van der Waals surface area contributed by atoms with Crippen molar-refractivity contribution in [2.45, 2.75) is 25.9 Å². The van der Waals surface area contributed by atoms with E-state index in [1.165, 1.54) is 5.56 Å². The second kappa shape index (κ2) is 7.94. The number of benzene rings is 2. The van der Waals surface area contributed by atoms with Crippen LogP contribution in [-0.2, 0) is 6.54 Å². The first-order valence-corrected chi connectivity index (χ1v) is 8.60. The summed E-state index contributed by atoms with van der Waals surface area (Å²) < 4.78 is 0. The molecule has 1 aromatic heterocycles. The Labute approximate surface area is 147 Å². The molecule has 2 N–H and O–H groups in total. The number of nitrogens with one attached hydrogen (secondary N) is 2. The number of aromatic nitrogens is 2. The molecular weight excluding hydrogens is 312 g/mol. The first-order valence-electron chi connectivity index (χ1n) is 8.60. The quantitative estimate of drug-likeness (QED) is 0.695. The Balaban J connectivity index is 1.54. The van der Waals surface area contributed by atoms with Crippen LogP contribution in [0.1, 0.15) is 18.9 Å². The number of H-pyrrole nitrogens is 1. The van der Waals surface area contributed by atoms with Crippen LogP contribution in [0.25, 0.3) is 10.9 Å². The van der Waals surface area contributed by atoms with E-state index in [2.05, 4.69) is 58.4 Å². The Bertz CT molecular complexity index is 876. The maximum Gasteiger partial charge on any atom is 0.260 e. The summed E-state index contributed by atoms with van der Waals surface area (Å²) in [5, 5.41) is 3.85. The molecule has 0 saturated heterocycles. The van der Waals surface area contributed by atoms with Crippen LogP contribution >= 0.6 is 0 Å². The summed E-state index contributed by atoms with van der Waals surface area (Å²) in [6.07, 6.45) is 0.958. The van der Waals surface area contributed by atoms with E-state index in [1.807, 2.05) is 24.3 Å². The minimum atomic E-state index is -0.109. The third-order valence-corrected chi connectivity index (χ3v) is 4.49. The Morgan fingerprint density at radius 1 is 1.12 bits per heavy atom. The molecule has 3 aromatic rings. The molecule has 0 amide bonds. The van der Waals surface area contributed by atoms with Crippen LogP contribution in [-0.4, -0.2) is 34.5 Å². The van der Waals surface area contributed by atoms with Crippen LogP contribution in [0.2, 0.25) is 0 Å². The normalized spacial score (nSPS) is 12.4. The molecule has 0 aliphatic rings. The lowest BCUT2D eigenvalue weighted by Crippen LogP contribution is -2.30. The smallest absolute Gasteiger partial charge is 0.260 e. The third-order valence-electron chi connectivity index (χ3n) is 4.49. The van der Waals surface area contributed by atoms with E-state index in [-0.39, 0.29) is 5.56 Å². The van der Waals surface area contributed by atoms with Gasteiger partial charge in [0.15, 0.2) is 0 Å². The van der Waals surface area contributed by atoms with Crippen molar-refractivity contribution >= 4 is 16.9 Å². The predicted molar refractivity (Wildman–Crippen MR) is 103 cm³/mol. The zero-order chi connectivity index (χ0) is 17.6. The van der Waals surface area contributed by atoms with Crippen molar-refractivity contribution in [1.29, 1.82) is 0 Å². The van der Waals surface area contributed by atoms with Crippen LogP contribution in [0, 0.1) is 0 Å². The van der Waals surface area contributed by atoms with Gasteiger partial charge in [-0.3, -0.25) is 14.7 Å². The molecule has 1 heterocycles. The Hall–Kier alpha value is -2.66. The minimum Gasteiger partial charge on any atom is -0.356 e. The number of nitrogens with zero attached hydrogens (tertiary/aromatic N) is 2. The number of aromatic amines is 1. The van der Waals surface area contributed by atoms with Crippen LogP contribution in [0.5, 0.6) is 0 Å². The van der Waals surface area contributed by atoms with Gasteiger partial charge in [-0.1, -0.05) is 42.5 Å². The number of para-hydroxylation sites is 1. The molecule has 1 atom stereocenters. The highest BCUT2D eigenvalue weighted by Crippen LogP contribution is 2.10. The van der Waals surface area contributed by atoms with Gasteiger partial charge in [0, 0.05) is 19.1 Å². The van der Waals surface area contributed by atoms with E-state index in [4.69, 9.17) is 0 Å².